The molecule has 1 amide bonds. The van der Waals surface area contributed by atoms with E-state index in [-0.39, 0.29) is 23.0 Å². The molecule has 1 heterocycles. The van der Waals surface area contributed by atoms with E-state index in [4.69, 9.17) is 5.73 Å². The fourth-order valence-electron chi connectivity index (χ4n) is 1.38. The normalized spacial score (nSPS) is 10.7. The lowest BCUT2D eigenvalue weighted by molar-refractivity contribution is -0.386. The van der Waals surface area contributed by atoms with Crippen molar-refractivity contribution >= 4 is 11.6 Å². The largest absolute Gasteiger partial charge is 0.364 e. The third-order valence-corrected chi connectivity index (χ3v) is 2.01. The average molecular weight is 212 g/mol. The Bertz CT molecular complexity index is 422. The third-order valence-electron chi connectivity index (χ3n) is 2.01. The summed E-state index contributed by atoms with van der Waals surface area (Å²) in [5, 5.41) is 14.7. The third kappa shape index (κ3) is 1.80. The molecule has 0 saturated heterocycles. The maximum atomic E-state index is 11.0. The summed E-state index contributed by atoms with van der Waals surface area (Å²) < 4.78 is 1.15. The summed E-state index contributed by atoms with van der Waals surface area (Å²) in [5.41, 5.74) is 4.88. The van der Waals surface area contributed by atoms with Crippen LogP contribution in [-0.4, -0.2) is 20.6 Å². The van der Waals surface area contributed by atoms with Gasteiger partial charge in [-0.15, -0.1) is 0 Å². The molecule has 0 aliphatic rings. The van der Waals surface area contributed by atoms with Gasteiger partial charge in [-0.1, -0.05) is 13.8 Å². The highest BCUT2D eigenvalue weighted by Gasteiger charge is 2.31. The minimum absolute atomic E-state index is 0.135. The molecule has 0 atom stereocenters. The molecule has 7 nitrogen and oxygen atoms in total. The molecule has 1 aromatic heterocycles. The number of aryl methyl sites for hydroxylation is 1. The number of hydrogen-bond acceptors (Lipinski definition) is 4. The Labute approximate surface area is 86.0 Å². The number of nitro groups is 1. The summed E-state index contributed by atoms with van der Waals surface area (Å²) in [6.45, 7) is 3.53. The first-order valence-electron chi connectivity index (χ1n) is 4.37. The second-order valence-electron chi connectivity index (χ2n) is 3.48. The molecule has 2 N–H and O–H groups in total. The number of carbonyl (C=O) groups is 1. The minimum Gasteiger partial charge on any atom is -0.364 e. The summed E-state index contributed by atoms with van der Waals surface area (Å²) in [4.78, 5) is 21.2. The molecule has 0 unspecified atom stereocenters. The van der Waals surface area contributed by atoms with Gasteiger partial charge >= 0.3 is 5.69 Å². The standard InChI is InChI=1S/C8H12N4O3/c1-4(2)5-6(12(14)15)7(8(9)13)11(3)10-5/h4H,1-3H3,(H2,9,13). The predicted octanol–water partition coefficient (Wildman–Crippen LogP) is 0.551. The molecule has 0 aliphatic carbocycles. The summed E-state index contributed by atoms with van der Waals surface area (Å²) in [5.74, 6) is -0.978. The van der Waals surface area contributed by atoms with Crippen molar-refractivity contribution in [3.63, 3.8) is 0 Å². The van der Waals surface area contributed by atoms with E-state index < -0.39 is 10.8 Å². The molecule has 7 heteroatoms. The maximum Gasteiger partial charge on any atom is 0.323 e. The van der Waals surface area contributed by atoms with Crippen LogP contribution in [-0.2, 0) is 7.05 Å². The molecule has 0 fully saturated rings. The molecule has 15 heavy (non-hydrogen) atoms. The number of nitrogens with two attached hydrogens (primary N) is 1. The first-order chi connectivity index (χ1) is 6.86. The van der Waals surface area contributed by atoms with Gasteiger partial charge in [-0.25, -0.2) is 0 Å². The Morgan fingerprint density at radius 2 is 2.13 bits per heavy atom. The van der Waals surface area contributed by atoms with Gasteiger partial charge in [0.05, 0.1) is 4.92 Å². The first-order valence-corrected chi connectivity index (χ1v) is 4.37. The molecule has 0 spiro atoms. The van der Waals surface area contributed by atoms with Crippen LogP contribution in [0.1, 0.15) is 35.9 Å². The number of amides is 1. The van der Waals surface area contributed by atoms with Crippen molar-refractivity contribution in [1.82, 2.24) is 9.78 Å². The van der Waals surface area contributed by atoms with Crippen LogP contribution in [0.4, 0.5) is 5.69 Å². The fraction of sp³-hybridized carbons (Fsp3) is 0.500. The van der Waals surface area contributed by atoms with Gasteiger partial charge in [0.2, 0.25) is 5.69 Å². The van der Waals surface area contributed by atoms with Crippen molar-refractivity contribution in [3.05, 3.63) is 21.5 Å². The number of hydrogen-bond donors (Lipinski definition) is 1. The van der Waals surface area contributed by atoms with Crippen LogP contribution in [0.2, 0.25) is 0 Å². The maximum absolute atomic E-state index is 11.0. The van der Waals surface area contributed by atoms with Crippen molar-refractivity contribution < 1.29 is 9.72 Å². The minimum atomic E-state index is -0.844. The lowest BCUT2D eigenvalue weighted by Gasteiger charge is -1.97. The summed E-state index contributed by atoms with van der Waals surface area (Å²) in [6.07, 6.45) is 0. The van der Waals surface area contributed by atoms with Gasteiger partial charge in [0.1, 0.15) is 5.69 Å². The van der Waals surface area contributed by atoms with Crippen molar-refractivity contribution in [2.75, 3.05) is 0 Å². The zero-order valence-electron chi connectivity index (χ0n) is 8.72. The molecule has 0 aromatic carbocycles. The van der Waals surface area contributed by atoms with Gasteiger partial charge in [0.25, 0.3) is 5.91 Å². The molecule has 1 aromatic rings. The molecule has 0 bridgehead atoms. The highest BCUT2D eigenvalue weighted by atomic mass is 16.6. The molecular weight excluding hydrogens is 200 g/mol. The van der Waals surface area contributed by atoms with Crippen LogP contribution in [0.15, 0.2) is 0 Å². The van der Waals surface area contributed by atoms with E-state index >= 15 is 0 Å². The number of aromatic nitrogens is 2. The van der Waals surface area contributed by atoms with Crippen molar-refractivity contribution in [2.24, 2.45) is 12.8 Å². The van der Waals surface area contributed by atoms with Crippen LogP contribution in [0, 0.1) is 10.1 Å². The fourth-order valence-corrected chi connectivity index (χ4v) is 1.38. The van der Waals surface area contributed by atoms with Crippen LogP contribution in [0.25, 0.3) is 0 Å². The highest BCUT2D eigenvalue weighted by molar-refractivity contribution is 5.95. The van der Waals surface area contributed by atoms with E-state index in [1.165, 1.54) is 7.05 Å². The van der Waals surface area contributed by atoms with Crippen LogP contribution in [0.3, 0.4) is 0 Å². The Morgan fingerprint density at radius 1 is 1.60 bits per heavy atom. The molecule has 0 radical (unpaired) electrons. The Hall–Kier alpha value is -1.92. The predicted molar refractivity (Wildman–Crippen MR) is 52.5 cm³/mol. The van der Waals surface area contributed by atoms with Crippen LogP contribution >= 0.6 is 0 Å². The van der Waals surface area contributed by atoms with Crippen LogP contribution < -0.4 is 5.73 Å². The molecule has 0 saturated carbocycles. The Balaban J connectivity index is 3.51. The average Bonchev–Trinajstić information content (AvgIpc) is 2.42. The zero-order valence-corrected chi connectivity index (χ0v) is 8.72. The van der Waals surface area contributed by atoms with Gasteiger partial charge < -0.3 is 5.73 Å². The van der Waals surface area contributed by atoms with Gasteiger partial charge in [-0.3, -0.25) is 19.6 Å². The van der Waals surface area contributed by atoms with E-state index in [2.05, 4.69) is 5.10 Å². The van der Waals surface area contributed by atoms with E-state index in [1.807, 2.05) is 0 Å². The van der Waals surface area contributed by atoms with Gasteiger partial charge in [-0.2, -0.15) is 5.10 Å². The smallest absolute Gasteiger partial charge is 0.323 e. The van der Waals surface area contributed by atoms with E-state index in [0.29, 0.717) is 0 Å². The molecule has 1 rings (SSSR count). The second kappa shape index (κ2) is 3.68. The lowest BCUT2D eigenvalue weighted by atomic mass is 10.1. The molecule has 0 aliphatic heterocycles. The number of rotatable bonds is 3. The van der Waals surface area contributed by atoms with E-state index in [0.717, 1.165) is 4.68 Å². The van der Waals surface area contributed by atoms with Crippen molar-refractivity contribution in [3.8, 4) is 0 Å². The molecular formula is C8H12N4O3. The van der Waals surface area contributed by atoms with Gasteiger partial charge in [0, 0.05) is 13.0 Å². The lowest BCUT2D eigenvalue weighted by Crippen LogP contribution is -2.17. The molecule has 82 valence electrons. The van der Waals surface area contributed by atoms with Gasteiger partial charge in [-0.05, 0) is 0 Å². The summed E-state index contributed by atoms with van der Waals surface area (Å²) in [7, 11) is 1.46. The first kappa shape index (κ1) is 11.2. The van der Waals surface area contributed by atoms with Crippen molar-refractivity contribution in [1.29, 1.82) is 0 Å². The van der Waals surface area contributed by atoms with E-state index in [1.54, 1.807) is 13.8 Å². The second-order valence-corrected chi connectivity index (χ2v) is 3.48. The highest BCUT2D eigenvalue weighted by Crippen LogP contribution is 2.28. The quantitative estimate of drug-likeness (QED) is 0.583. The summed E-state index contributed by atoms with van der Waals surface area (Å²) in [6, 6.07) is 0. The SMILES string of the molecule is CC(C)c1nn(C)c(C(N)=O)c1[N+](=O)[O-]. The number of carbonyl (C=O) groups excluding carboxylic acids is 1. The Kier molecular flexibility index (Phi) is 2.74. The number of nitrogens with zero attached hydrogens (tertiary/aromatic N) is 3. The number of primary amides is 1. The van der Waals surface area contributed by atoms with Crippen LogP contribution in [0.5, 0.6) is 0 Å². The zero-order chi connectivity index (χ0) is 11.7. The Morgan fingerprint density at radius 3 is 2.47 bits per heavy atom. The van der Waals surface area contributed by atoms with Gasteiger partial charge in [0.15, 0.2) is 0 Å². The monoisotopic (exact) mass is 212 g/mol. The topological polar surface area (TPSA) is 104 Å². The summed E-state index contributed by atoms with van der Waals surface area (Å²) >= 11 is 0. The van der Waals surface area contributed by atoms with E-state index in [9.17, 15) is 14.9 Å². The van der Waals surface area contributed by atoms with Crippen molar-refractivity contribution in [2.45, 2.75) is 19.8 Å².